The van der Waals surface area contributed by atoms with Crippen LogP contribution in [0.5, 0.6) is 0 Å². The summed E-state index contributed by atoms with van der Waals surface area (Å²) < 4.78 is 0. The smallest absolute Gasteiger partial charge is 0.144 e. The molecule has 0 spiro atoms. The minimum atomic E-state index is -0.697. The third-order valence-electron chi connectivity index (χ3n) is 2.19. The normalized spacial score (nSPS) is 9.73. The molecule has 76 valence electrons. The maximum absolute atomic E-state index is 11.3. The highest BCUT2D eigenvalue weighted by Crippen LogP contribution is 2.18. The van der Waals surface area contributed by atoms with Gasteiger partial charge in [-0.15, -0.1) is 0 Å². The van der Waals surface area contributed by atoms with E-state index in [0.717, 1.165) is 0 Å². The molecule has 0 fully saturated rings. The fourth-order valence-corrected chi connectivity index (χ4v) is 1.51. The molecule has 3 nitrogen and oxygen atoms in total. The lowest BCUT2D eigenvalue weighted by Crippen LogP contribution is -2.16. The van der Waals surface area contributed by atoms with E-state index in [0.29, 0.717) is 11.1 Å². The molecule has 1 aromatic carbocycles. The van der Waals surface area contributed by atoms with Crippen molar-refractivity contribution >= 4 is 11.6 Å². The monoisotopic (exact) mass is 201 g/mol. The summed E-state index contributed by atoms with van der Waals surface area (Å²) in [4.78, 5) is 22.5. The summed E-state index contributed by atoms with van der Waals surface area (Å²) in [5.41, 5.74) is 1.17. The first kappa shape index (κ1) is 11.1. The van der Waals surface area contributed by atoms with Gasteiger partial charge in [0.15, 0.2) is 0 Å². The highest BCUT2D eigenvalue weighted by atomic mass is 16.1. The molecule has 1 rings (SSSR count). The number of hydrogen-bond donors (Lipinski definition) is 0. The van der Waals surface area contributed by atoms with E-state index in [1.54, 1.807) is 24.3 Å². The SMILES string of the molecule is CC(=O)C(C(C)=O)c1ccc(C#N)cc1. The quantitative estimate of drug-likeness (QED) is 0.701. The van der Waals surface area contributed by atoms with Gasteiger partial charge in [-0.3, -0.25) is 9.59 Å². The number of nitrogens with zero attached hydrogens (tertiary/aromatic N) is 1. The predicted octanol–water partition coefficient (Wildman–Crippen LogP) is 1.82. The van der Waals surface area contributed by atoms with E-state index in [9.17, 15) is 9.59 Å². The Hall–Kier alpha value is -1.95. The average molecular weight is 201 g/mol. The van der Waals surface area contributed by atoms with Crippen LogP contribution in [-0.4, -0.2) is 11.6 Å². The molecule has 0 saturated carbocycles. The molecular weight excluding hydrogens is 190 g/mol. The van der Waals surface area contributed by atoms with Crippen molar-refractivity contribution in [3.8, 4) is 6.07 Å². The molecule has 0 N–H and O–H groups in total. The number of Topliss-reactive ketones (excluding diaryl/α,β-unsaturated/α-hetero) is 2. The molecule has 0 unspecified atom stereocenters. The summed E-state index contributed by atoms with van der Waals surface area (Å²) in [6, 6.07) is 8.48. The van der Waals surface area contributed by atoms with Crippen molar-refractivity contribution in [3.63, 3.8) is 0 Å². The summed E-state index contributed by atoms with van der Waals surface area (Å²) in [5, 5.41) is 8.60. The molecule has 0 aliphatic carbocycles. The molecule has 0 aliphatic heterocycles. The van der Waals surface area contributed by atoms with Crippen LogP contribution in [0.1, 0.15) is 30.9 Å². The Morgan fingerprint density at radius 3 is 1.93 bits per heavy atom. The van der Waals surface area contributed by atoms with Gasteiger partial charge in [-0.05, 0) is 31.5 Å². The number of nitriles is 1. The van der Waals surface area contributed by atoms with Crippen molar-refractivity contribution < 1.29 is 9.59 Å². The Kier molecular flexibility index (Phi) is 3.35. The largest absolute Gasteiger partial charge is 0.299 e. The number of carbonyl (C=O) groups excluding carboxylic acids is 2. The van der Waals surface area contributed by atoms with Gasteiger partial charge in [0.1, 0.15) is 17.5 Å². The van der Waals surface area contributed by atoms with Crippen LogP contribution in [0.3, 0.4) is 0 Å². The van der Waals surface area contributed by atoms with Crippen LogP contribution in [0.15, 0.2) is 24.3 Å². The lowest BCUT2D eigenvalue weighted by Gasteiger charge is -2.09. The fourth-order valence-electron chi connectivity index (χ4n) is 1.51. The second-order valence-corrected chi connectivity index (χ2v) is 3.39. The van der Waals surface area contributed by atoms with Crippen molar-refractivity contribution in [2.45, 2.75) is 19.8 Å². The van der Waals surface area contributed by atoms with Crippen LogP contribution in [0.4, 0.5) is 0 Å². The first-order chi connectivity index (χ1) is 7.06. The van der Waals surface area contributed by atoms with E-state index in [1.807, 2.05) is 6.07 Å². The summed E-state index contributed by atoms with van der Waals surface area (Å²) in [6.45, 7) is 2.79. The molecular formula is C12H11NO2. The first-order valence-electron chi connectivity index (χ1n) is 4.57. The number of rotatable bonds is 3. The van der Waals surface area contributed by atoms with Crippen molar-refractivity contribution in [1.82, 2.24) is 0 Å². The molecule has 0 radical (unpaired) electrons. The minimum absolute atomic E-state index is 0.174. The Balaban J connectivity index is 3.09. The van der Waals surface area contributed by atoms with Gasteiger partial charge in [0.05, 0.1) is 11.6 Å². The van der Waals surface area contributed by atoms with Gasteiger partial charge in [0.2, 0.25) is 0 Å². The van der Waals surface area contributed by atoms with Crippen molar-refractivity contribution in [2.24, 2.45) is 0 Å². The van der Waals surface area contributed by atoms with Gasteiger partial charge < -0.3 is 0 Å². The van der Waals surface area contributed by atoms with Crippen molar-refractivity contribution in [2.75, 3.05) is 0 Å². The molecule has 0 heterocycles. The van der Waals surface area contributed by atoms with Gasteiger partial charge >= 0.3 is 0 Å². The molecule has 0 aromatic heterocycles. The zero-order valence-electron chi connectivity index (χ0n) is 8.65. The first-order valence-corrected chi connectivity index (χ1v) is 4.57. The lowest BCUT2D eigenvalue weighted by molar-refractivity contribution is -0.126. The third-order valence-corrected chi connectivity index (χ3v) is 2.19. The van der Waals surface area contributed by atoms with Gasteiger partial charge in [0, 0.05) is 0 Å². The van der Waals surface area contributed by atoms with Crippen LogP contribution in [0.2, 0.25) is 0 Å². The van der Waals surface area contributed by atoms with Gasteiger partial charge in [-0.2, -0.15) is 5.26 Å². The highest BCUT2D eigenvalue weighted by Gasteiger charge is 2.21. The Labute approximate surface area is 88.3 Å². The number of ketones is 2. The van der Waals surface area contributed by atoms with E-state index in [4.69, 9.17) is 5.26 Å². The number of benzene rings is 1. The summed E-state index contributed by atoms with van der Waals surface area (Å²) in [6.07, 6.45) is 0. The predicted molar refractivity (Wildman–Crippen MR) is 55.3 cm³/mol. The minimum Gasteiger partial charge on any atom is -0.299 e. The van der Waals surface area contributed by atoms with Crippen LogP contribution < -0.4 is 0 Å². The summed E-state index contributed by atoms with van der Waals surface area (Å²) in [7, 11) is 0. The number of hydrogen-bond acceptors (Lipinski definition) is 3. The van der Waals surface area contributed by atoms with Gasteiger partial charge in [-0.1, -0.05) is 12.1 Å². The van der Waals surface area contributed by atoms with Crippen molar-refractivity contribution in [3.05, 3.63) is 35.4 Å². The zero-order valence-corrected chi connectivity index (χ0v) is 8.65. The van der Waals surface area contributed by atoms with E-state index >= 15 is 0 Å². The average Bonchev–Trinajstić information content (AvgIpc) is 2.18. The van der Waals surface area contributed by atoms with E-state index < -0.39 is 5.92 Å². The molecule has 15 heavy (non-hydrogen) atoms. The Morgan fingerprint density at radius 2 is 1.60 bits per heavy atom. The van der Waals surface area contributed by atoms with Gasteiger partial charge in [0.25, 0.3) is 0 Å². The van der Waals surface area contributed by atoms with Crippen LogP contribution in [0, 0.1) is 11.3 Å². The third kappa shape index (κ3) is 2.50. The second kappa shape index (κ2) is 4.52. The lowest BCUT2D eigenvalue weighted by atomic mass is 9.91. The van der Waals surface area contributed by atoms with E-state index in [1.165, 1.54) is 13.8 Å². The zero-order chi connectivity index (χ0) is 11.4. The molecule has 0 saturated heterocycles. The number of carbonyl (C=O) groups is 2. The van der Waals surface area contributed by atoms with E-state index in [-0.39, 0.29) is 11.6 Å². The maximum atomic E-state index is 11.3. The Morgan fingerprint density at radius 1 is 1.13 bits per heavy atom. The molecule has 0 bridgehead atoms. The molecule has 0 aliphatic rings. The van der Waals surface area contributed by atoms with Gasteiger partial charge in [-0.25, -0.2) is 0 Å². The molecule has 3 heteroatoms. The molecule has 0 atom stereocenters. The summed E-state index contributed by atoms with van der Waals surface area (Å²) >= 11 is 0. The fraction of sp³-hybridized carbons (Fsp3) is 0.250. The molecule has 0 amide bonds. The van der Waals surface area contributed by atoms with Crippen LogP contribution in [0.25, 0.3) is 0 Å². The summed E-state index contributed by atoms with van der Waals surface area (Å²) in [5.74, 6) is -1.04. The highest BCUT2D eigenvalue weighted by molar-refractivity contribution is 6.05. The van der Waals surface area contributed by atoms with Crippen molar-refractivity contribution in [1.29, 1.82) is 5.26 Å². The standard InChI is InChI=1S/C12H11NO2/c1-8(14)12(9(2)15)11-5-3-10(7-13)4-6-11/h3-6,12H,1-2H3. The topological polar surface area (TPSA) is 57.9 Å². The maximum Gasteiger partial charge on any atom is 0.144 e. The molecule has 1 aromatic rings. The van der Waals surface area contributed by atoms with E-state index in [2.05, 4.69) is 0 Å². The Bertz CT molecular complexity index is 412. The second-order valence-electron chi connectivity index (χ2n) is 3.39. The van der Waals surface area contributed by atoms with Crippen LogP contribution >= 0.6 is 0 Å². The van der Waals surface area contributed by atoms with Crippen LogP contribution in [-0.2, 0) is 9.59 Å².